The Hall–Kier alpha value is -3.21. The second-order valence-electron chi connectivity index (χ2n) is 6.50. The molecule has 160 valence electrons. The third kappa shape index (κ3) is 4.06. The lowest BCUT2D eigenvalue weighted by Gasteiger charge is -2.45. The fraction of sp³-hybridized carbons (Fsp3) is 0.263. The fourth-order valence-corrected chi connectivity index (χ4v) is 3.26. The van der Waals surface area contributed by atoms with E-state index in [4.69, 9.17) is 0 Å². The van der Waals surface area contributed by atoms with Gasteiger partial charge in [-0.05, 0) is 17.7 Å². The number of benzene rings is 2. The topological polar surface area (TPSA) is 87.7 Å². The molecule has 0 aromatic heterocycles. The zero-order valence-electron chi connectivity index (χ0n) is 15.0. The molecule has 11 heteroatoms. The van der Waals surface area contributed by atoms with Crippen LogP contribution < -0.4 is 15.4 Å². The van der Waals surface area contributed by atoms with Gasteiger partial charge < -0.3 is 20.5 Å². The summed E-state index contributed by atoms with van der Waals surface area (Å²) in [6.45, 7) is -3.11. The Morgan fingerprint density at radius 3 is 2.20 bits per heavy atom. The lowest BCUT2D eigenvalue weighted by atomic mass is 9.77. The van der Waals surface area contributed by atoms with E-state index in [1.165, 1.54) is 29.6 Å². The van der Waals surface area contributed by atoms with Crippen LogP contribution in [0.15, 0.2) is 54.6 Å². The number of carbonyl (C=O) groups excluding carboxylic acids is 2. The summed E-state index contributed by atoms with van der Waals surface area (Å²) in [4.78, 5) is 24.9. The van der Waals surface area contributed by atoms with Gasteiger partial charge in [-0.3, -0.25) is 4.79 Å². The van der Waals surface area contributed by atoms with Crippen molar-refractivity contribution in [3.8, 4) is 5.75 Å². The number of amides is 2. The number of carbonyl (C=O) groups is 2. The summed E-state index contributed by atoms with van der Waals surface area (Å²) in [7, 11) is 0. The van der Waals surface area contributed by atoms with Crippen molar-refractivity contribution in [2.75, 3.05) is 0 Å². The number of nitrogens with one attached hydrogen (secondary N) is 2. The van der Waals surface area contributed by atoms with Crippen molar-refractivity contribution in [1.82, 2.24) is 10.6 Å². The maximum Gasteiger partial charge on any atom is 0.437 e. The van der Waals surface area contributed by atoms with E-state index in [0.717, 1.165) is 24.3 Å². The van der Waals surface area contributed by atoms with Gasteiger partial charge in [-0.15, -0.1) is 0 Å². The molecule has 0 saturated carbocycles. The van der Waals surface area contributed by atoms with Crippen molar-refractivity contribution in [2.45, 2.75) is 24.6 Å². The van der Waals surface area contributed by atoms with E-state index in [0.29, 0.717) is 0 Å². The molecule has 3 rings (SSSR count). The van der Waals surface area contributed by atoms with Crippen molar-refractivity contribution in [2.24, 2.45) is 5.92 Å². The SMILES string of the molecule is O=C1N[C@@H](c2ccc(OC(F)F)cc2)[C@@H](C(=O)c2ccccc2)[C@](O)(C(F)(F)F)N1. The van der Waals surface area contributed by atoms with Gasteiger partial charge in [0.15, 0.2) is 5.78 Å². The predicted octanol–water partition coefficient (Wildman–Crippen LogP) is 3.39. The van der Waals surface area contributed by atoms with E-state index in [9.17, 15) is 36.6 Å². The van der Waals surface area contributed by atoms with Crippen LogP contribution in [-0.4, -0.2) is 35.4 Å². The van der Waals surface area contributed by atoms with Crippen LogP contribution >= 0.6 is 0 Å². The largest absolute Gasteiger partial charge is 0.437 e. The summed E-state index contributed by atoms with van der Waals surface area (Å²) in [5.74, 6) is -3.56. The number of halogens is 5. The number of urea groups is 1. The molecule has 1 saturated heterocycles. The quantitative estimate of drug-likeness (QED) is 0.501. The Balaban J connectivity index is 2.08. The van der Waals surface area contributed by atoms with E-state index in [-0.39, 0.29) is 16.9 Å². The van der Waals surface area contributed by atoms with Crippen LogP contribution in [-0.2, 0) is 0 Å². The zero-order valence-corrected chi connectivity index (χ0v) is 15.0. The number of rotatable bonds is 5. The van der Waals surface area contributed by atoms with E-state index >= 15 is 0 Å². The smallest absolute Gasteiger partial charge is 0.435 e. The molecule has 2 amide bonds. The van der Waals surface area contributed by atoms with Crippen LogP contribution in [0, 0.1) is 5.92 Å². The summed E-state index contributed by atoms with van der Waals surface area (Å²) in [5, 5.41) is 14.0. The molecule has 3 atom stereocenters. The number of Topliss-reactive ketones (excluding diaryl/α,β-unsaturated/α-hetero) is 1. The van der Waals surface area contributed by atoms with Gasteiger partial charge in [0.2, 0.25) is 5.72 Å². The lowest BCUT2D eigenvalue weighted by Crippen LogP contribution is -2.72. The highest BCUT2D eigenvalue weighted by atomic mass is 19.4. The minimum absolute atomic E-state index is 0.0246. The van der Waals surface area contributed by atoms with E-state index in [1.807, 2.05) is 0 Å². The van der Waals surface area contributed by atoms with Crippen molar-refractivity contribution < 1.29 is 41.4 Å². The van der Waals surface area contributed by atoms with Crippen LogP contribution in [0.4, 0.5) is 26.7 Å². The van der Waals surface area contributed by atoms with Gasteiger partial charge in [0.25, 0.3) is 0 Å². The summed E-state index contributed by atoms with van der Waals surface area (Å²) in [6, 6.07) is 8.32. The number of hydrogen-bond acceptors (Lipinski definition) is 4. The molecule has 1 aliphatic rings. The van der Waals surface area contributed by atoms with Crippen LogP contribution in [0.3, 0.4) is 0 Å². The molecule has 0 unspecified atom stereocenters. The molecule has 30 heavy (non-hydrogen) atoms. The van der Waals surface area contributed by atoms with Gasteiger partial charge in [0, 0.05) is 5.56 Å². The molecule has 2 aromatic rings. The third-order valence-electron chi connectivity index (χ3n) is 4.61. The minimum Gasteiger partial charge on any atom is -0.435 e. The lowest BCUT2D eigenvalue weighted by molar-refractivity contribution is -0.287. The van der Waals surface area contributed by atoms with Gasteiger partial charge in [-0.25, -0.2) is 4.79 Å². The molecular formula is C19H15F5N2O4. The summed E-state index contributed by atoms with van der Waals surface area (Å²) >= 11 is 0. The van der Waals surface area contributed by atoms with Crippen molar-refractivity contribution in [3.63, 3.8) is 0 Å². The first-order chi connectivity index (χ1) is 14.0. The maximum absolute atomic E-state index is 13.8. The molecule has 6 nitrogen and oxygen atoms in total. The summed E-state index contributed by atoms with van der Waals surface area (Å²) in [6.07, 6.45) is -5.39. The Kier molecular flexibility index (Phi) is 5.66. The number of hydrogen-bond donors (Lipinski definition) is 3. The van der Waals surface area contributed by atoms with Gasteiger partial charge in [-0.1, -0.05) is 42.5 Å². The first kappa shape index (κ1) is 21.5. The number of alkyl halides is 5. The van der Waals surface area contributed by atoms with Crippen molar-refractivity contribution >= 4 is 11.8 Å². The highest BCUT2D eigenvalue weighted by Gasteiger charge is 2.66. The Bertz CT molecular complexity index is 921. The number of ketones is 1. The standard InChI is InChI=1S/C19H15F5N2O4/c20-16(21)30-12-8-6-10(7-9-12)14-13(15(27)11-4-2-1-3-5-11)18(29,19(22,23)24)26-17(28)25-14/h1-9,13-14,16,29H,(H2,25,26,28)/t13-,14-,18-/m0/s1. The van der Waals surface area contributed by atoms with Crippen LogP contribution in [0.2, 0.25) is 0 Å². The number of ether oxygens (including phenoxy) is 1. The van der Waals surface area contributed by atoms with Crippen molar-refractivity contribution in [3.05, 3.63) is 65.7 Å². The van der Waals surface area contributed by atoms with E-state index in [2.05, 4.69) is 10.1 Å². The molecule has 3 N–H and O–H groups in total. The maximum atomic E-state index is 13.8. The summed E-state index contributed by atoms with van der Waals surface area (Å²) in [5.41, 5.74) is -4.01. The summed E-state index contributed by atoms with van der Waals surface area (Å²) < 4.78 is 70.2. The van der Waals surface area contributed by atoms with Crippen LogP contribution in [0.1, 0.15) is 22.0 Å². The second kappa shape index (κ2) is 7.90. The average molecular weight is 430 g/mol. The molecular weight excluding hydrogens is 415 g/mol. The van der Waals surface area contributed by atoms with Crippen LogP contribution in [0.5, 0.6) is 5.75 Å². The minimum atomic E-state index is -5.39. The molecule has 0 bridgehead atoms. The molecule has 0 radical (unpaired) electrons. The van der Waals surface area contributed by atoms with Gasteiger partial charge in [-0.2, -0.15) is 22.0 Å². The molecule has 1 fully saturated rings. The average Bonchev–Trinajstić information content (AvgIpc) is 2.67. The van der Waals surface area contributed by atoms with E-state index < -0.39 is 42.3 Å². The molecule has 0 spiro atoms. The second-order valence-corrected chi connectivity index (χ2v) is 6.50. The molecule has 2 aromatic carbocycles. The zero-order chi connectivity index (χ0) is 22.1. The molecule has 0 aliphatic carbocycles. The first-order valence-electron chi connectivity index (χ1n) is 8.55. The fourth-order valence-electron chi connectivity index (χ4n) is 3.26. The first-order valence-corrected chi connectivity index (χ1v) is 8.55. The monoisotopic (exact) mass is 430 g/mol. The number of aliphatic hydroxyl groups is 1. The Morgan fingerprint density at radius 2 is 1.67 bits per heavy atom. The van der Waals surface area contributed by atoms with Gasteiger partial charge >= 0.3 is 18.8 Å². The highest BCUT2D eigenvalue weighted by Crippen LogP contribution is 2.44. The molecule has 1 aliphatic heterocycles. The van der Waals surface area contributed by atoms with Gasteiger partial charge in [0.1, 0.15) is 11.7 Å². The Labute approximate surface area is 166 Å². The Morgan fingerprint density at radius 1 is 1.07 bits per heavy atom. The highest BCUT2D eigenvalue weighted by molar-refractivity contribution is 6.00. The molecule has 1 heterocycles. The van der Waals surface area contributed by atoms with E-state index in [1.54, 1.807) is 6.07 Å². The predicted molar refractivity (Wildman–Crippen MR) is 92.7 cm³/mol. The normalized spacial score (nSPS) is 24.2. The third-order valence-corrected chi connectivity index (χ3v) is 4.61. The van der Waals surface area contributed by atoms with Crippen molar-refractivity contribution in [1.29, 1.82) is 0 Å². The van der Waals surface area contributed by atoms with Crippen LogP contribution in [0.25, 0.3) is 0 Å². The van der Waals surface area contributed by atoms with Gasteiger partial charge in [0.05, 0.1) is 6.04 Å².